The molecule has 8 heteroatoms. The second kappa shape index (κ2) is 12.7. The molecule has 1 aromatic carbocycles. The average molecular weight is 494 g/mol. The van der Waals surface area contributed by atoms with Crippen LogP contribution in [0.4, 0.5) is 5.69 Å². The number of fused-ring (bicyclic) bond motifs is 1. The van der Waals surface area contributed by atoms with E-state index in [4.69, 9.17) is 10.7 Å². The Morgan fingerprint density at radius 2 is 2.03 bits per heavy atom. The minimum atomic E-state index is -0.494. The zero-order valence-electron chi connectivity index (χ0n) is 22.5. The van der Waals surface area contributed by atoms with E-state index in [1.165, 1.54) is 11.1 Å². The zero-order chi connectivity index (χ0) is 26.2. The first-order valence-electron chi connectivity index (χ1n) is 12.8. The van der Waals surface area contributed by atoms with E-state index in [1.54, 1.807) is 13.0 Å². The van der Waals surface area contributed by atoms with Crippen LogP contribution in [-0.4, -0.2) is 91.3 Å². The number of carbonyl (C=O) groups is 1. The van der Waals surface area contributed by atoms with E-state index in [2.05, 4.69) is 64.3 Å². The van der Waals surface area contributed by atoms with Crippen LogP contribution in [-0.2, 0) is 17.8 Å². The van der Waals surface area contributed by atoms with Crippen molar-refractivity contribution in [2.75, 3.05) is 59.2 Å². The highest BCUT2D eigenvalue weighted by molar-refractivity contribution is 5.96. The number of hydrogen-bond acceptors (Lipinski definition) is 6. The molecule has 0 radical (unpaired) electrons. The predicted octanol–water partition coefficient (Wildman–Crippen LogP) is 2.86. The van der Waals surface area contributed by atoms with Crippen molar-refractivity contribution in [2.45, 2.75) is 38.8 Å². The number of aliphatic imine (C=N–C) groups is 1. The molecular formula is C28H43N7O. The van der Waals surface area contributed by atoms with Gasteiger partial charge in [0.2, 0.25) is 5.91 Å². The Kier molecular flexibility index (Phi) is 9.73. The third-order valence-electron chi connectivity index (χ3n) is 7.27. The van der Waals surface area contributed by atoms with Gasteiger partial charge in [0.25, 0.3) is 0 Å². The number of carbonyl (C=O) groups excluding carboxylic acids is 1. The van der Waals surface area contributed by atoms with Crippen molar-refractivity contribution < 1.29 is 4.79 Å². The minimum absolute atomic E-state index is 0.393. The summed E-state index contributed by atoms with van der Waals surface area (Å²) in [7, 11) is 6.35. The van der Waals surface area contributed by atoms with Gasteiger partial charge in [-0.15, -0.1) is 0 Å². The fourth-order valence-electron chi connectivity index (χ4n) is 4.70. The van der Waals surface area contributed by atoms with Gasteiger partial charge in [-0.2, -0.15) is 0 Å². The molecule has 0 aromatic heterocycles. The van der Waals surface area contributed by atoms with Crippen LogP contribution < -0.4 is 11.1 Å². The van der Waals surface area contributed by atoms with Gasteiger partial charge >= 0.3 is 0 Å². The lowest BCUT2D eigenvalue weighted by Gasteiger charge is -2.39. The number of likely N-dealkylation sites (tertiary alicyclic amines) is 1. The van der Waals surface area contributed by atoms with Crippen LogP contribution in [0.5, 0.6) is 0 Å². The van der Waals surface area contributed by atoms with Gasteiger partial charge in [-0.3, -0.25) is 9.69 Å². The maximum atomic E-state index is 12.1. The average Bonchev–Trinajstić information content (AvgIpc) is 2.88. The van der Waals surface area contributed by atoms with E-state index in [-0.39, 0.29) is 0 Å². The van der Waals surface area contributed by atoms with Gasteiger partial charge in [-0.1, -0.05) is 19.2 Å². The molecule has 1 fully saturated rings. The Morgan fingerprint density at radius 1 is 1.25 bits per heavy atom. The number of hydrogen-bond donors (Lipinski definition) is 2. The summed E-state index contributed by atoms with van der Waals surface area (Å²) in [6.45, 7) is 15.2. The summed E-state index contributed by atoms with van der Waals surface area (Å²) < 4.78 is 0. The summed E-state index contributed by atoms with van der Waals surface area (Å²) in [5.74, 6) is 0.721. The molecule has 0 aliphatic carbocycles. The van der Waals surface area contributed by atoms with Crippen molar-refractivity contribution in [1.29, 1.82) is 0 Å². The maximum absolute atomic E-state index is 12.1. The van der Waals surface area contributed by atoms with Crippen LogP contribution in [0.3, 0.4) is 0 Å². The summed E-state index contributed by atoms with van der Waals surface area (Å²) in [5, 5.41) is 3.38. The molecule has 3 rings (SSSR count). The van der Waals surface area contributed by atoms with Crippen LogP contribution in [0, 0.1) is 0 Å². The first-order chi connectivity index (χ1) is 17.2. The van der Waals surface area contributed by atoms with E-state index in [0.29, 0.717) is 17.4 Å². The number of likely N-dealkylation sites (N-methyl/N-ethyl adjacent to an activating group) is 3. The second-order valence-electron chi connectivity index (χ2n) is 9.99. The first-order valence-corrected chi connectivity index (χ1v) is 12.8. The number of rotatable bonds is 10. The second-order valence-corrected chi connectivity index (χ2v) is 9.99. The van der Waals surface area contributed by atoms with Crippen molar-refractivity contribution >= 4 is 17.4 Å². The third-order valence-corrected chi connectivity index (χ3v) is 7.27. The van der Waals surface area contributed by atoms with Crippen molar-refractivity contribution in [3.8, 4) is 0 Å². The molecular weight excluding hydrogens is 450 g/mol. The molecule has 1 atom stereocenters. The number of nitrogens with one attached hydrogen (secondary N) is 1. The third kappa shape index (κ3) is 7.21. The van der Waals surface area contributed by atoms with Gasteiger partial charge in [0.05, 0.1) is 5.57 Å². The van der Waals surface area contributed by atoms with Gasteiger partial charge in [-0.25, -0.2) is 4.99 Å². The molecule has 0 bridgehead atoms. The lowest BCUT2D eigenvalue weighted by molar-refractivity contribution is -0.114. The largest absolute Gasteiger partial charge is 0.380 e. The highest BCUT2D eigenvalue weighted by atomic mass is 16.1. The van der Waals surface area contributed by atoms with Gasteiger partial charge in [0, 0.05) is 58.0 Å². The Labute approximate surface area is 216 Å². The monoisotopic (exact) mass is 493 g/mol. The van der Waals surface area contributed by atoms with Gasteiger partial charge < -0.3 is 25.8 Å². The standard InChI is InChI=1S/C28H43N7O/c1-7-26(35-14-9-10-25(20-35)34(6)17-16-32(4)8-2)31-28(21(3)27(29)36)30-24-12-11-23-19-33(5)15-13-22(23)18-24/h7-8,11-12,18,25,30H,1-2,9-10,13-17,19-20H2,3-6H3,(H2,29,36)/b28-21+,31-26+. The molecule has 36 heavy (non-hydrogen) atoms. The van der Waals surface area contributed by atoms with Crippen molar-refractivity contribution in [1.82, 2.24) is 19.6 Å². The lowest BCUT2D eigenvalue weighted by Crippen LogP contribution is -2.49. The molecule has 0 spiro atoms. The summed E-state index contributed by atoms with van der Waals surface area (Å²) >= 11 is 0. The van der Waals surface area contributed by atoms with Gasteiger partial charge in [0.1, 0.15) is 11.7 Å². The molecule has 2 heterocycles. The number of piperidine rings is 1. The molecule has 8 nitrogen and oxygen atoms in total. The van der Waals surface area contributed by atoms with Crippen molar-refractivity contribution in [3.05, 3.63) is 66.2 Å². The van der Waals surface area contributed by atoms with E-state index in [0.717, 1.165) is 70.1 Å². The lowest BCUT2D eigenvalue weighted by atomic mass is 9.99. The van der Waals surface area contributed by atoms with Crippen LogP contribution in [0.15, 0.2) is 60.0 Å². The molecule has 3 N–H and O–H groups in total. The highest BCUT2D eigenvalue weighted by Crippen LogP contribution is 2.24. The van der Waals surface area contributed by atoms with E-state index in [9.17, 15) is 4.79 Å². The fraction of sp³-hybridized carbons (Fsp3) is 0.500. The number of anilines is 1. The summed E-state index contributed by atoms with van der Waals surface area (Å²) in [5.41, 5.74) is 9.64. The first kappa shape index (κ1) is 27.5. The number of nitrogens with two attached hydrogens (primary N) is 1. The minimum Gasteiger partial charge on any atom is -0.380 e. The highest BCUT2D eigenvalue weighted by Gasteiger charge is 2.25. The van der Waals surface area contributed by atoms with Crippen LogP contribution >= 0.6 is 0 Å². The molecule has 1 unspecified atom stereocenters. The number of primary amides is 1. The van der Waals surface area contributed by atoms with E-state index < -0.39 is 5.91 Å². The van der Waals surface area contributed by atoms with Crippen LogP contribution in [0.25, 0.3) is 0 Å². The van der Waals surface area contributed by atoms with Gasteiger partial charge in [0.15, 0.2) is 0 Å². The Bertz CT molecular complexity index is 1020. The summed E-state index contributed by atoms with van der Waals surface area (Å²) in [4.78, 5) is 26.1. The molecule has 2 aliphatic rings. The Balaban J connectivity index is 1.79. The van der Waals surface area contributed by atoms with E-state index >= 15 is 0 Å². The molecule has 1 amide bonds. The molecule has 1 aromatic rings. The fourth-order valence-corrected chi connectivity index (χ4v) is 4.70. The molecule has 1 saturated heterocycles. The number of amidine groups is 1. The SMILES string of the molecule is C=C/C(=N\C(Nc1ccc2c(c1)CCN(C)C2)=C(/C)C(N)=O)N1CCCC(N(C)CCN(C)C=C)C1. The molecule has 196 valence electrons. The Hall–Kier alpha value is -3.10. The number of nitrogens with zero attached hydrogens (tertiary/aromatic N) is 5. The van der Waals surface area contributed by atoms with Gasteiger partial charge in [-0.05, 0) is 75.8 Å². The van der Waals surface area contributed by atoms with Crippen LogP contribution in [0.2, 0.25) is 0 Å². The summed E-state index contributed by atoms with van der Waals surface area (Å²) in [6, 6.07) is 6.77. The van der Waals surface area contributed by atoms with Crippen molar-refractivity contribution in [3.63, 3.8) is 0 Å². The van der Waals surface area contributed by atoms with Crippen LogP contribution in [0.1, 0.15) is 30.9 Å². The molecule has 0 saturated carbocycles. The smallest absolute Gasteiger partial charge is 0.248 e. The van der Waals surface area contributed by atoms with E-state index in [1.807, 2.05) is 19.3 Å². The normalized spacial score (nSPS) is 19.4. The van der Waals surface area contributed by atoms with Crippen molar-refractivity contribution in [2.24, 2.45) is 10.7 Å². The number of amides is 1. The zero-order valence-corrected chi connectivity index (χ0v) is 22.5. The Morgan fingerprint density at radius 3 is 2.72 bits per heavy atom. The topological polar surface area (TPSA) is 80.4 Å². The number of benzene rings is 1. The molecule has 2 aliphatic heterocycles. The maximum Gasteiger partial charge on any atom is 0.248 e. The quantitative estimate of drug-likeness (QED) is 0.296. The predicted molar refractivity (Wildman–Crippen MR) is 150 cm³/mol. The summed E-state index contributed by atoms with van der Waals surface area (Å²) in [6.07, 6.45) is 6.83.